The van der Waals surface area contributed by atoms with Crippen molar-refractivity contribution in [2.75, 3.05) is 20.6 Å². The van der Waals surface area contributed by atoms with Gasteiger partial charge in [-0.05, 0) is 40.4 Å². The molecule has 1 atom stereocenters. The van der Waals surface area contributed by atoms with Gasteiger partial charge in [0.25, 0.3) is 0 Å². The minimum atomic E-state index is 0.0573. The van der Waals surface area contributed by atoms with E-state index in [0.29, 0.717) is 0 Å². The monoisotopic (exact) mass is 172 g/mol. The van der Waals surface area contributed by atoms with E-state index in [9.17, 15) is 4.79 Å². The fraction of sp³-hybridized carbons (Fsp3) is 0.889. The third-order valence-electron chi connectivity index (χ3n) is 2.01. The van der Waals surface area contributed by atoms with Gasteiger partial charge in [-0.3, -0.25) is 4.79 Å². The van der Waals surface area contributed by atoms with Gasteiger partial charge in [-0.15, -0.1) is 0 Å². The summed E-state index contributed by atoms with van der Waals surface area (Å²) in [5.74, 6) is 0.238. The first kappa shape index (κ1) is 11.6. The zero-order valence-electron chi connectivity index (χ0n) is 8.31. The van der Waals surface area contributed by atoms with Gasteiger partial charge in [0.2, 0.25) is 0 Å². The Morgan fingerprint density at radius 2 is 2.00 bits per heavy atom. The second-order valence-corrected chi connectivity index (χ2v) is 3.05. The van der Waals surface area contributed by atoms with Gasteiger partial charge in [-0.1, -0.05) is 6.42 Å². The fourth-order valence-corrected chi connectivity index (χ4v) is 1.20. The van der Waals surface area contributed by atoms with Crippen LogP contribution in [-0.2, 0) is 4.79 Å². The summed E-state index contributed by atoms with van der Waals surface area (Å²) in [7, 11) is 3.78. The van der Waals surface area contributed by atoms with Gasteiger partial charge in [-0.2, -0.15) is 0 Å². The van der Waals surface area contributed by atoms with Crippen molar-refractivity contribution in [2.45, 2.75) is 32.2 Å². The van der Waals surface area contributed by atoms with E-state index in [2.05, 4.69) is 10.6 Å². The molecule has 0 radical (unpaired) electrons. The maximum absolute atomic E-state index is 11.0. The average molecular weight is 172 g/mol. The number of hydrogen-bond acceptors (Lipinski definition) is 3. The van der Waals surface area contributed by atoms with Gasteiger partial charge in [0.15, 0.2) is 0 Å². The summed E-state index contributed by atoms with van der Waals surface area (Å²) in [4.78, 5) is 11.0. The zero-order valence-corrected chi connectivity index (χ0v) is 8.31. The maximum Gasteiger partial charge on any atom is 0.146 e. The number of hydrogen-bond donors (Lipinski definition) is 2. The Bertz CT molecular complexity index is 126. The van der Waals surface area contributed by atoms with Crippen LogP contribution in [0.3, 0.4) is 0 Å². The molecule has 0 heterocycles. The van der Waals surface area contributed by atoms with Crippen LogP contribution in [0.25, 0.3) is 0 Å². The lowest BCUT2D eigenvalue weighted by Gasteiger charge is -2.11. The van der Waals surface area contributed by atoms with Crippen LogP contribution >= 0.6 is 0 Å². The van der Waals surface area contributed by atoms with Crippen LogP contribution in [-0.4, -0.2) is 32.5 Å². The van der Waals surface area contributed by atoms with E-state index < -0.39 is 0 Å². The molecule has 0 aliphatic rings. The molecular weight excluding hydrogens is 152 g/mol. The SMILES string of the molecule is CNCCCC[C@@H](NC)C(C)=O. The normalized spacial score (nSPS) is 12.9. The summed E-state index contributed by atoms with van der Waals surface area (Å²) in [6, 6.07) is 0.0573. The molecule has 0 aliphatic carbocycles. The van der Waals surface area contributed by atoms with Gasteiger partial charge in [0.1, 0.15) is 5.78 Å². The third kappa shape index (κ3) is 5.27. The molecule has 0 bridgehead atoms. The molecule has 0 aromatic heterocycles. The number of rotatable bonds is 7. The highest BCUT2D eigenvalue weighted by Gasteiger charge is 2.09. The number of Topliss-reactive ketones (excluding diaryl/α,β-unsaturated/α-hetero) is 1. The van der Waals surface area contributed by atoms with E-state index >= 15 is 0 Å². The van der Waals surface area contributed by atoms with Crippen molar-refractivity contribution < 1.29 is 4.79 Å². The third-order valence-corrected chi connectivity index (χ3v) is 2.01. The molecule has 72 valence electrons. The van der Waals surface area contributed by atoms with E-state index in [-0.39, 0.29) is 11.8 Å². The van der Waals surface area contributed by atoms with Gasteiger partial charge in [0, 0.05) is 0 Å². The second kappa shape index (κ2) is 7.25. The highest BCUT2D eigenvalue weighted by Crippen LogP contribution is 2.00. The second-order valence-electron chi connectivity index (χ2n) is 3.05. The summed E-state index contributed by atoms with van der Waals surface area (Å²) >= 11 is 0. The summed E-state index contributed by atoms with van der Waals surface area (Å²) in [6.07, 6.45) is 3.20. The van der Waals surface area contributed by atoms with Crippen molar-refractivity contribution in [3.8, 4) is 0 Å². The van der Waals surface area contributed by atoms with Crippen LogP contribution in [0.15, 0.2) is 0 Å². The summed E-state index contributed by atoms with van der Waals surface area (Å²) in [6.45, 7) is 2.67. The molecular formula is C9H20N2O. The van der Waals surface area contributed by atoms with Gasteiger partial charge >= 0.3 is 0 Å². The molecule has 0 saturated heterocycles. The zero-order chi connectivity index (χ0) is 9.40. The Balaban J connectivity index is 3.38. The highest BCUT2D eigenvalue weighted by atomic mass is 16.1. The summed E-state index contributed by atoms with van der Waals surface area (Å²) in [5.41, 5.74) is 0. The van der Waals surface area contributed by atoms with Crippen LogP contribution in [0.1, 0.15) is 26.2 Å². The molecule has 3 heteroatoms. The predicted molar refractivity (Wildman–Crippen MR) is 51.3 cm³/mol. The topological polar surface area (TPSA) is 41.1 Å². The van der Waals surface area contributed by atoms with Gasteiger partial charge < -0.3 is 10.6 Å². The van der Waals surface area contributed by atoms with Crippen molar-refractivity contribution in [3.63, 3.8) is 0 Å². The van der Waals surface area contributed by atoms with Crippen molar-refractivity contribution in [1.29, 1.82) is 0 Å². The van der Waals surface area contributed by atoms with E-state index in [1.165, 1.54) is 0 Å². The molecule has 0 unspecified atom stereocenters. The number of carbonyl (C=O) groups is 1. The van der Waals surface area contributed by atoms with Crippen molar-refractivity contribution in [2.24, 2.45) is 0 Å². The smallest absolute Gasteiger partial charge is 0.146 e. The number of carbonyl (C=O) groups excluding carboxylic acids is 1. The molecule has 0 fully saturated rings. The fourth-order valence-electron chi connectivity index (χ4n) is 1.20. The summed E-state index contributed by atoms with van der Waals surface area (Å²) in [5, 5.41) is 6.09. The molecule has 2 N–H and O–H groups in total. The van der Waals surface area contributed by atoms with Crippen molar-refractivity contribution in [1.82, 2.24) is 10.6 Å². The first-order chi connectivity index (χ1) is 5.72. The Morgan fingerprint density at radius 1 is 1.33 bits per heavy atom. The molecule has 0 aliphatic heterocycles. The first-order valence-electron chi connectivity index (χ1n) is 4.54. The Hall–Kier alpha value is -0.410. The van der Waals surface area contributed by atoms with E-state index in [1.54, 1.807) is 6.92 Å². The van der Waals surface area contributed by atoms with Crippen molar-refractivity contribution >= 4 is 5.78 Å². The number of ketones is 1. The van der Waals surface area contributed by atoms with Gasteiger partial charge in [-0.25, -0.2) is 0 Å². The molecule has 0 spiro atoms. The standard InChI is InChI=1S/C9H20N2O/c1-8(12)9(11-3)6-4-5-7-10-2/h9-11H,4-7H2,1-3H3/t9-/m1/s1. The van der Waals surface area contributed by atoms with E-state index in [0.717, 1.165) is 25.8 Å². The summed E-state index contributed by atoms with van der Waals surface area (Å²) < 4.78 is 0. The Morgan fingerprint density at radius 3 is 2.42 bits per heavy atom. The lowest BCUT2D eigenvalue weighted by molar-refractivity contribution is -0.119. The molecule has 12 heavy (non-hydrogen) atoms. The van der Waals surface area contributed by atoms with Crippen molar-refractivity contribution in [3.05, 3.63) is 0 Å². The molecule has 0 aromatic rings. The van der Waals surface area contributed by atoms with E-state index in [4.69, 9.17) is 0 Å². The largest absolute Gasteiger partial charge is 0.320 e. The average Bonchev–Trinajstić information content (AvgIpc) is 2.04. The highest BCUT2D eigenvalue weighted by molar-refractivity contribution is 5.81. The molecule has 0 amide bonds. The first-order valence-corrected chi connectivity index (χ1v) is 4.54. The lowest BCUT2D eigenvalue weighted by atomic mass is 10.1. The molecule has 3 nitrogen and oxygen atoms in total. The number of nitrogens with one attached hydrogen (secondary N) is 2. The Kier molecular flexibility index (Phi) is 7.00. The van der Waals surface area contributed by atoms with Crippen LogP contribution < -0.4 is 10.6 Å². The van der Waals surface area contributed by atoms with Gasteiger partial charge in [0.05, 0.1) is 6.04 Å². The molecule has 0 saturated carbocycles. The van der Waals surface area contributed by atoms with Crippen LogP contribution in [0.5, 0.6) is 0 Å². The minimum Gasteiger partial charge on any atom is -0.320 e. The Labute approximate surface area is 74.9 Å². The number of unbranched alkanes of at least 4 members (excludes halogenated alkanes) is 1. The molecule has 0 rings (SSSR count). The number of likely N-dealkylation sites (N-methyl/N-ethyl adjacent to an activating group) is 1. The minimum absolute atomic E-state index is 0.0573. The van der Waals surface area contributed by atoms with E-state index in [1.807, 2.05) is 14.1 Å². The quantitative estimate of drug-likeness (QED) is 0.551. The van der Waals surface area contributed by atoms with Crippen LogP contribution in [0.2, 0.25) is 0 Å². The molecule has 0 aromatic carbocycles. The van der Waals surface area contributed by atoms with Crippen LogP contribution in [0, 0.1) is 0 Å². The lowest BCUT2D eigenvalue weighted by Crippen LogP contribution is -2.32. The predicted octanol–water partition coefficient (Wildman–Crippen LogP) is 0.553. The van der Waals surface area contributed by atoms with Crippen LogP contribution in [0.4, 0.5) is 0 Å². The maximum atomic E-state index is 11.0.